The van der Waals surface area contributed by atoms with Gasteiger partial charge in [-0.3, -0.25) is 0 Å². The van der Waals surface area contributed by atoms with Gasteiger partial charge in [0.2, 0.25) is 0 Å². The summed E-state index contributed by atoms with van der Waals surface area (Å²) in [7, 11) is 0. The number of aliphatic hydroxyl groups excluding tert-OH is 1. The topological polar surface area (TPSA) is 58.0 Å². The summed E-state index contributed by atoms with van der Waals surface area (Å²) in [5.74, 6) is 2.94. The average molecular weight is 339 g/mol. The zero-order valence-electron chi connectivity index (χ0n) is 8.32. The number of rotatable bonds is 7. The van der Waals surface area contributed by atoms with Crippen molar-refractivity contribution in [1.82, 2.24) is 9.97 Å². The third-order valence-electron chi connectivity index (χ3n) is 1.65. The number of nitrogens with one attached hydrogen (secondary N) is 1. The van der Waals surface area contributed by atoms with Crippen LogP contribution in [-0.4, -0.2) is 39.7 Å². The molecule has 0 unspecified atom stereocenters. The van der Waals surface area contributed by atoms with E-state index in [0.29, 0.717) is 0 Å². The molecule has 1 aromatic heterocycles. The second kappa shape index (κ2) is 8.12. The van der Waals surface area contributed by atoms with Crippen LogP contribution in [0.15, 0.2) is 12.5 Å². The number of thioether (sulfide) groups is 1. The van der Waals surface area contributed by atoms with E-state index in [2.05, 4.69) is 37.9 Å². The van der Waals surface area contributed by atoms with Gasteiger partial charge in [0, 0.05) is 25.1 Å². The fourth-order valence-electron chi connectivity index (χ4n) is 0.953. The smallest absolute Gasteiger partial charge is 0.142 e. The standard InChI is InChI=1S/C9H14IN3OS/c10-8-6-11-7-13-9(8)12-2-5-15-4-1-3-14/h6-7,14H,1-5H2,(H,11,12,13). The van der Waals surface area contributed by atoms with E-state index >= 15 is 0 Å². The van der Waals surface area contributed by atoms with Gasteiger partial charge in [0.05, 0.1) is 3.57 Å². The lowest BCUT2D eigenvalue weighted by Crippen LogP contribution is -2.07. The molecule has 0 saturated heterocycles. The van der Waals surface area contributed by atoms with Gasteiger partial charge in [-0.2, -0.15) is 11.8 Å². The van der Waals surface area contributed by atoms with Gasteiger partial charge in [0.15, 0.2) is 0 Å². The van der Waals surface area contributed by atoms with Crippen LogP contribution in [0, 0.1) is 3.57 Å². The lowest BCUT2D eigenvalue weighted by atomic mass is 10.5. The molecule has 6 heteroatoms. The summed E-state index contributed by atoms with van der Waals surface area (Å²) in [6.45, 7) is 1.17. The van der Waals surface area contributed by atoms with Crippen LogP contribution >= 0.6 is 34.4 Å². The molecule has 0 atom stereocenters. The largest absolute Gasteiger partial charge is 0.396 e. The zero-order chi connectivity index (χ0) is 10.9. The van der Waals surface area contributed by atoms with Crippen LogP contribution in [0.5, 0.6) is 0 Å². The molecule has 0 radical (unpaired) electrons. The second-order valence-corrected chi connectivity index (χ2v) is 5.22. The van der Waals surface area contributed by atoms with Crippen LogP contribution in [0.25, 0.3) is 0 Å². The zero-order valence-corrected chi connectivity index (χ0v) is 11.3. The van der Waals surface area contributed by atoms with Crippen LogP contribution in [-0.2, 0) is 0 Å². The molecule has 2 N–H and O–H groups in total. The van der Waals surface area contributed by atoms with E-state index in [1.807, 2.05) is 11.8 Å². The number of aliphatic hydroxyl groups is 1. The molecular formula is C9H14IN3OS. The van der Waals surface area contributed by atoms with Crippen LogP contribution in [0.3, 0.4) is 0 Å². The van der Waals surface area contributed by atoms with Crippen molar-refractivity contribution in [1.29, 1.82) is 0 Å². The molecule has 1 heterocycles. The maximum atomic E-state index is 8.59. The van der Waals surface area contributed by atoms with Gasteiger partial charge < -0.3 is 10.4 Å². The van der Waals surface area contributed by atoms with Crippen LogP contribution in [0.1, 0.15) is 6.42 Å². The first-order chi connectivity index (χ1) is 7.34. The number of hydrogen-bond donors (Lipinski definition) is 2. The molecule has 0 aromatic carbocycles. The van der Waals surface area contributed by atoms with E-state index in [0.717, 1.165) is 33.9 Å². The fraction of sp³-hybridized carbons (Fsp3) is 0.556. The number of nitrogens with zero attached hydrogens (tertiary/aromatic N) is 2. The molecule has 84 valence electrons. The Morgan fingerprint density at radius 1 is 1.47 bits per heavy atom. The van der Waals surface area contributed by atoms with Gasteiger partial charge in [-0.15, -0.1) is 0 Å². The average Bonchev–Trinajstić information content (AvgIpc) is 2.25. The Morgan fingerprint density at radius 3 is 3.07 bits per heavy atom. The number of halogens is 1. The van der Waals surface area contributed by atoms with E-state index in [9.17, 15) is 0 Å². The van der Waals surface area contributed by atoms with Crippen molar-refractivity contribution in [3.63, 3.8) is 0 Å². The summed E-state index contributed by atoms with van der Waals surface area (Å²) in [6.07, 6.45) is 4.20. The molecule has 0 aliphatic rings. The van der Waals surface area contributed by atoms with Gasteiger partial charge in [-0.25, -0.2) is 9.97 Å². The highest BCUT2D eigenvalue weighted by Gasteiger charge is 1.98. The first kappa shape index (κ1) is 13.0. The maximum absolute atomic E-state index is 8.59. The van der Waals surface area contributed by atoms with E-state index in [-0.39, 0.29) is 6.61 Å². The summed E-state index contributed by atoms with van der Waals surface area (Å²) >= 11 is 4.04. The normalized spacial score (nSPS) is 10.3. The highest BCUT2D eigenvalue weighted by molar-refractivity contribution is 14.1. The number of aromatic nitrogens is 2. The highest BCUT2D eigenvalue weighted by atomic mass is 127. The number of anilines is 1. The molecule has 0 aliphatic heterocycles. The molecule has 0 amide bonds. The van der Waals surface area contributed by atoms with E-state index < -0.39 is 0 Å². The second-order valence-electron chi connectivity index (χ2n) is 2.84. The molecule has 1 rings (SSSR count). The molecular weight excluding hydrogens is 325 g/mol. The van der Waals surface area contributed by atoms with Gasteiger partial charge >= 0.3 is 0 Å². The fourth-order valence-corrected chi connectivity index (χ4v) is 2.23. The maximum Gasteiger partial charge on any atom is 0.142 e. The third-order valence-corrected chi connectivity index (χ3v) is 3.51. The summed E-state index contributed by atoms with van der Waals surface area (Å²) in [5, 5.41) is 11.8. The van der Waals surface area contributed by atoms with Gasteiger partial charge in [-0.05, 0) is 34.8 Å². The number of hydrogen-bond acceptors (Lipinski definition) is 5. The van der Waals surface area contributed by atoms with Crippen LogP contribution in [0.4, 0.5) is 5.82 Å². The predicted molar refractivity (Wildman–Crippen MR) is 72.3 cm³/mol. The Morgan fingerprint density at radius 2 is 2.33 bits per heavy atom. The molecule has 0 saturated carbocycles. The molecule has 0 fully saturated rings. The molecule has 0 spiro atoms. The van der Waals surface area contributed by atoms with Crippen LogP contribution < -0.4 is 5.32 Å². The van der Waals surface area contributed by atoms with Crippen molar-refractivity contribution in [3.8, 4) is 0 Å². The van der Waals surface area contributed by atoms with Gasteiger partial charge in [0.1, 0.15) is 12.1 Å². The van der Waals surface area contributed by atoms with E-state index in [1.165, 1.54) is 0 Å². The molecule has 4 nitrogen and oxygen atoms in total. The van der Waals surface area contributed by atoms with E-state index in [4.69, 9.17) is 5.11 Å². The Balaban J connectivity index is 2.12. The third kappa shape index (κ3) is 5.53. The minimum absolute atomic E-state index is 0.282. The summed E-state index contributed by atoms with van der Waals surface area (Å²) < 4.78 is 1.04. The van der Waals surface area contributed by atoms with Gasteiger partial charge in [0.25, 0.3) is 0 Å². The molecule has 0 bridgehead atoms. The minimum Gasteiger partial charge on any atom is -0.396 e. The molecule has 0 aliphatic carbocycles. The lowest BCUT2D eigenvalue weighted by molar-refractivity contribution is 0.296. The Bertz CT molecular complexity index is 288. The monoisotopic (exact) mass is 339 g/mol. The summed E-state index contributed by atoms with van der Waals surface area (Å²) in [6, 6.07) is 0. The Hall–Kier alpha value is -0.0800. The Kier molecular flexibility index (Phi) is 7.03. The van der Waals surface area contributed by atoms with Crippen molar-refractivity contribution >= 4 is 40.2 Å². The van der Waals surface area contributed by atoms with Crippen molar-refractivity contribution in [2.24, 2.45) is 0 Å². The molecule has 15 heavy (non-hydrogen) atoms. The van der Waals surface area contributed by atoms with Crippen molar-refractivity contribution in [2.45, 2.75) is 6.42 Å². The predicted octanol–water partition coefficient (Wildman–Crippen LogP) is 1.61. The lowest BCUT2D eigenvalue weighted by Gasteiger charge is -2.06. The molecule has 1 aromatic rings. The summed E-state index contributed by atoms with van der Waals surface area (Å²) in [4.78, 5) is 8.06. The quantitative estimate of drug-likeness (QED) is 0.584. The first-order valence-electron chi connectivity index (χ1n) is 4.72. The van der Waals surface area contributed by atoms with Crippen molar-refractivity contribution in [2.75, 3.05) is 30.0 Å². The first-order valence-corrected chi connectivity index (χ1v) is 6.96. The Labute approximate surface area is 107 Å². The van der Waals surface area contributed by atoms with Gasteiger partial charge in [-0.1, -0.05) is 0 Å². The van der Waals surface area contributed by atoms with E-state index in [1.54, 1.807) is 12.5 Å². The van der Waals surface area contributed by atoms with Crippen molar-refractivity contribution < 1.29 is 5.11 Å². The highest BCUT2D eigenvalue weighted by Crippen LogP contribution is 2.12. The van der Waals surface area contributed by atoms with Crippen molar-refractivity contribution in [3.05, 3.63) is 16.1 Å². The SMILES string of the molecule is OCCCSCCNc1ncncc1I. The minimum atomic E-state index is 0.282. The summed E-state index contributed by atoms with van der Waals surface area (Å²) in [5.41, 5.74) is 0. The van der Waals surface area contributed by atoms with Crippen LogP contribution in [0.2, 0.25) is 0 Å².